The zero-order valence-corrected chi connectivity index (χ0v) is 32.0. The maximum atomic E-state index is 12.4. The summed E-state index contributed by atoms with van der Waals surface area (Å²) in [6.07, 6.45) is 2.65. The molecule has 0 aliphatic carbocycles. The average molecular weight is 790 g/mol. The van der Waals surface area contributed by atoms with Gasteiger partial charge in [0.2, 0.25) is 0 Å². The molecular formula is C38H39N4O9P2S+. The topological polar surface area (TPSA) is 161 Å². The Morgan fingerprint density at radius 1 is 1.04 bits per heavy atom. The van der Waals surface area contributed by atoms with E-state index in [9.17, 15) is 24.5 Å². The highest BCUT2D eigenvalue weighted by Gasteiger charge is 2.46. The Balaban J connectivity index is 1.48. The SMILES string of the molecule is CC1(Cc2ccsc2)/C(=C\c2n(CCP(=O)(O)O)c3ccc4ccccc4c3[n+]2CCPOOO)N(CCOc2ccccc2)c2ccc([N+](=O)[O-])cc21. The highest BCUT2D eigenvalue weighted by atomic mass is 32.1. The molecule has 1 aliphatic heterocycles. The summed E-state index contributed by atoms with van der Waals surface area (Å²) in [5.41, 5.74) is 4.36. The van der Waals surface area contributed by atoms with Crippen molar-refractivity contribution < 1.29 is 43.5 Å². The first kappa shape index (κ1) is 37.8. The van der Waals surface area contributed by atoms with Crippen LogP contribution in [0.15, 0.2) is 107 Å². The molecule has 0 spiro atoms. The fourth-order valence-electron chi connectivity index (χ4n) is 7.44. The lowest BCUT2D eigenvalue weighted by atomic mass is 9.76. The van der Waals surface area contributed by atoms with Crippen LogP contribution in [0.25, 0.3) is 27.9 Å². The Hall–Kier alpha value is -4.49. The number of allylic oxidation sites excluding steroid dienone is 1. The van der Waals surface area contributed by atoms with Crippen molar-refractivity contribution in [1.82, 2.24) is 4.57 Å². The maximum absolute atomic E-state index is 12.4. The van der Waals surface area contributed by atoms with E-state index >= 15 is 0 Å². The maximum Gasteiger partial charge on any atom is 0.329 e. The number of aromatic nitrogens is 2. The van der Waals surface area contributed by atoms with Crippen molar-refractivity contribution in [3.63, 3.8) is 0 Å². The van der Waals surface area contributed by atoms with Crippen molar-refractivity contribution in [2.75, 3.05) is 30.4 Å². The Morgan fingerprint density at radius 2 is 1.83 bits per heavy atom. The molecule has 3 N–H and O–H groups in total. The van der Waals surface area contributed by atoms with Crippen LogP contribution in [0, 0.1) is 10.1 Å². The van der Waals surface area contributed by atoms with E-state index in [-0.39, 0.29) is 26.0 Å². The molecule has 1 aliphatic rings. The molecule has 13 nitrogen and oxygen atoms in total. The van der Waals surface area contributed by atoms with Crippen molar-refractivity contribution in [2.45, 2.75) is 31.8 Å². The molecule has 0 radical (unpaired) electrons. The zero-order chi connectivity index (χ0) is 37.9. The lowest BCUT2D eigenvalue weighted by Gasteiger charge is -2.30. The van der Waals surface area contributed by atoms with Gasteiger partial charge in [-0.3, -0.25) is 14.7 Å². The number of hydrogen-bond donors (Lipinski definition) is 3. The van der Waals surface area contributed by atoms with Gasteiger partial charge in [-0.05, 0) is 83.1 Å². The molecule has 0 amide bonds. The minimum absolute atomic E-state index is 0.0144. The summed E-state index contributed by atoms with van der Waals surface area (Å²) in [6.45, 7) is 3.22. The van der Waals surface area contributed by atoms with Crippen LogP contribution in [-0.2, 0) is 39.2 Å². The summed E-state index contributed by atoms with van der Waals surface area (Å²) >= 11 is 1.58. The second kappa shape index (κ2) is 16.1. The fraction of sp³-hybridized carbons (Fsp3) is 0.237. The molecule has 16 heteroatoms. The van der Waals surface area contributed by atoms with Crippen LogP contribution in [0.4, 0.5) is 11.4 Å². The second-order valence-corrected chi connectivity index (χ2v) is 16.7. The summed E-state index contributed by atoms with van der Waals surface area (Å²) in [6, 6.07) is 28.4. The molecule has 4 aromatic carbocycles. The van der Waals surface area contributed by atoms with Gasteiger partial charge in [0.1, 0.15) is 18.9 Å². The molecule has 54 heavy (non-hydrogen) atoms. The summed E-state index contributed by atoms with van der Waals surface area (Å²) in [4.78, 5) is 34.1. The first-order valence-electron chi connectivity index (χ1n) is 17.2. The summed E-state index contributed by atoms with van der Waals surface area (Å²) in [7, 11) is -4.62. The van der Waals surface area contributed by atoms with Gasteiger partial charge in [-0.15, -0.1) is 0 Å². The minimum Gasteiger partial charge on any atom is -0.492 e. The van der Waals surface area contributed by atoms with Crippen molar-refractivity contribution in [3.8, 4) is 5.75 Å². The van der Waals surface area contributed by atoms with E-state index in [4.69, 9.17) is 14.7 Å². The minimum atomic E-state index is -4.42. The van der Waals surface area contributed by atoms with Crippen molar-refractivity contribution in [1.29, 1.82) is 0 Å². The quantitative estimate of drug-likeness (QED) is 0.0222. The molecular weight excluding hydrogens is 750 g/mol. The van der Waals surface area contributed by atoms with Gasteiger partial charge in [0.25, 0.3) is 11.5 Å². The van der Waals surface area contributed by atoms with E-state index in [0.29, 0.717) is 43.9 Å². The van der Waals surface area contributed by atoms with Gasteiger partial charge < -0.3 is 19.4 Å². The van der Waals surface area contributed by atoms with E-state index < -0.39 is 19.2 Å². The Morgan fingerprint density at radius 3 is 2.57 bits per heavy atom. The van der Waals surface area contributed by atoms with Crippen LogP contribution in [0.3, 0.4) is 0 Å². The van der Waals surface area contributed by atoms with Crippen LogP contribution in [0.5, 0.6) is 5.75 Å². The second-order valence-electron chi connectivity index (χ2n) is 13.2. The highest BCUT2D eigenvalue weighted by Crippen LogP contribution is 2.51. The van der Waals surface area contributed by atoms with E-state index in [0.717, 1.165) is 44.3 Å². The normalized spacial score (nSPS) is 16.7. The molecule has 0 bridgehead atoms. The molecule has 0 saturated carbocycles. The first-order chi connectivity index (χ1) is 26.1. The van der Waals surface area contributed by atoms with E-state index in [1.165, 1.54) is 6.07 Å². The van der Waals surface area contributed by atoms with E-state index in [1.54, 1.807) is 23.5 Å². The summed E-state index contributed by atoms with van der Waals surface area (Å²) in [5.74, 6) is 1.39. The van der Waals surface area contributed by atoms with Crippen molar-refractivity contribution in [3.05, 3.63) is 135 Å². The summed E-state index contributed by atoms with van der Waals surface area (Å²) < 4.78 is 27.5. The molecule has 3 heterocycles. The standard InChI is InChI=1S/C38H38N4O9P2S/c1-38(25-27-15-22-54-26-27)32-23-29(42(43)44)12-14-33(32)39(16-19-49-30-8-3-2-4-9-30)35(38)24-36-40(18-21-53(46,47)48)34-13-11-28-7-5-6-10-31(28)37(34)41(36)17-20-52-51-50-45/h2-15,22-24,26,52H,16-21,25H2,1H3,(H2-,45,46,47,48)/p+1. The van der Waals surface area contributed by atoms with Gasteiger partial charge >= 0.3 is 7.60 Å². The molecule has 0 fully saturated rings. The average Bonchev–Trinajstić information content (AvgIpc) is 3.84. The predicted octanol–water partition coefficient (Wildman–Crippen LogP) is 7.68. The van der Waals surface area contributed by atoms with Crippen molar-refractivity contribution >= 4 is 67.0 Å². The largest absolute Gasteiger partial charge is 0.492 e. The molecule has 2 atom stereocenters. The molecule has 6 aromatic rings. The number of aryl methyl sites for hydroxylation is 2. The van der Waals surface area contributed by atoms with Crippen LogP contribution < -0.4 is 14.2 Å². The number of imidazole rings is 1. The van der Waals surface area contributed by atoms with Crippen molar-refractivity contribution in [2.24, 2.45) is 0 Å². The first-order valence-corrected chi connectivity index (χ1v) is 21.1. The lowest BCUT2D eigenvalue weighted by Crippen LogP contribution is -2.39. The Kier molecular flexibility index (Phi) is 11.3. The number of ether oxygens (including phenoxy) is 1. The monoisotopic (exact) mass is 789 g/mol. The number of nitro groups is 1. The number of fused-ring (bicyclic) bond motifs is 4. The number of anilines is 1. The van der Waals surface area contributed by atoms with Gasteiger partial charge in [0, 0.05) is 46.6 Å². The number of benzene rings is 4. The van der Waals surface area contributed by atoms with E-state index in [1.807, 2.05) is 76.7 Å². The van der Waals surface area contributed by atoms with Crippen LogP contribution in [0.2, 0.25) is 0 Å². The highest BCUT2D eigenvalue weighted by molar-refractivity contribution is 7.51. The van der Waals surface area contributed by atoms with Gasteiger partial charge in [0.05, 0.1) is 33.0 Å². The van der Waals surface area contributed by atoms with Gasteiger partial charge in [-0.1, -0.05) is 41.4 Å². The van der Waals surface area contributed by atoms with Crippen LogP contribution in [-0.4, -0.2) is 50.0 Å². The lowest BCUT2D eigenvalue weighted by molar-refractivity contribution is -0.668. The molecule has 7 rings (SSSR count). The number of non-ortho nitro benzene ring substituents is 1. The number of nitro benzene ring substituents is 1. The number of thiophene rings is 1. The third-order valence-electron chi connectivity index (χ3n) is 9.80. The van der Waals surface area contributed by atoms with Gasteiger partial charge in [-0.25, -0.2) is 14.4 Å². The fourth-order valence-corrected chi connectivity index (χ4v) is 9.02. The Bertz CT molecular complexity index is 2370. The number of rotatable bonds is 16. The van der Waals surface area contributed by atoms with Gasteiger partial charge in [-0.2, -0.15) is 16.0 Å². The van der Waals surface area contributed by atoms with Gasteiger partial charge in [0.15, 0.2) is 11.0 Å². The van der Waals surface area contributed by atoms with Crippen LogP contribution >= 0.6 is 27.7 Å². The molecule has 0 saturated heterocycles. The number of para-hydroxylation sites is 1. The third-order valence-corrected chi connectivity index (χ3v) is 11.9. The predicted molar refractivity (Wildman–Crippen MR) is 210 cm³/mol. The van der Waals surface area contributed by atoms with Crippen LogP contribution in [0.1, 0.15) is 23.9 Å². The van der Waals surface area contributed by atoms with E-state index in [2.05, 4.69) is 39.0 Å². The number of hydrogen-bond acceptors (Lipinski definition) is 9. The molecule has 2 unspecified atom stereocenters. The summed E-state index contributed by atoms with van der Waals surface area (Å²) in [5, 5.41) is 31.0. The smallest absolute Gasteiger partial charge is 0.329 e. The molecule has 280 valence electrons. The number of nitrogens with zero attached hydrogens (tertiary/aromatic N) is 4. The third kappa shape index (κ3) is 7.84. The Labute approximate surface area is 316 Å². The zero-order valence-electron chi connectivity index (χ0n) is 29.3. The molecule has 2 aromatic heterocycles.